The van der Waals surface area contributed by atoms with Crippen LogP contribution in [0.4, 0.5) is 17.6 Å². The third-order valence-electron chi connectivity index (χ3n) is 3.78. The van der Waals surface area contributed by atoms with Crippen LogP contribution in [0.1, 0.15) is 26.9 Å². The molecule has 24 heavy (non-hydrogen) atoms. The van der Waals surface area contributed by atoms with Crippen LogP contribution >= 0.6 is 11.8 Å². The summed E-state index contributed by atoms with van der Waals surface area (Å²) in [6.07, 6.45) is -4.44. The smallest absolute Gasteiger partial charge is 0.322 e. The lowest BCUT2D eigenvalue weighted by Gasteiger charge is -2.24. The number of halogens is 4. The van der Waals surface area contributed by atoms with Crippen LogP contribution in [0.3, 0.4) is 0 Å². The highest BCUT2D eigenvalue weighted by molar-refractivity contribution is 7.99. The number of benzene rings is 2. The number of rotatable bonds is 2. The van der Waals surface area contributed by atoms with E-state index in [1.165, 1.54) is 22.7 Å². The first-order valence-electron chi connectivity index (χ1n) is 7.22. The lowest BCUT2D eigenvalue weighted by molar-refractivity contribution is -0.137. The molecule has 1 fully saturated rings. The summed E-state index contributed by atoms with van der Waals surface area (Å²) in [5.41, 5.74) is -0.243. The van der Waals surface area contributed by atoms with E-state index in [9.17, 15) is 22.4 Å². The van der Waals surface area contributed by atoms with Crippen molar-refractivity contribution in [1.82, 2.24) is 4.90 Å². The summed E-state index contributed by atoms with van der Waals surface area (Å²) in [7, 11) is 0. The van der Waals surface area contributed by atoms with Crippen LogP contribution in [-0.4, -0.2) is 23.1 Å². The molecule has 1 aliphatic heterocycles. The minimum Gasteiger partial charge on any atom is -0.322 e. The van der Waals surface area contributed by atoms with E-state index >= 15 is 0 Å². The molecule has 0 bridgehead atoms. The van der Waals surface area contributed by atoms with Gasteiger partial charge in [-0.05, 0) is 30.3 Å². The van der Waals surface area contributed by atoms with Gasteiger partial charge in [0.1, 0.15) is 11.2 Å². The molecule has 3 rings (SSSR count). The summed E-state index contributed by atoms with van der Waals surface area (Å²) in [5, 5.41) is -0.471. The third-order valence-corrected chi connectivity index (χ3v) is 5.02. The van der Waals surface area contributed by atoms with Crippen molar-refractivity contribution >= 4 is 17.7 Å². The first-order valence-corrected chi connectivity index (χ1v) is 8.27. The molecule has 1 atom stereocenters. The van der Waals surface area contributed by atoms with E-state index in [1.54, 1.807) is 18.2 Å². The highest BCUT2D eigenvalue weighted by Gasteiger charge is 2.34. The molecule has 0 unspecified atom stereocenters. The normalized spacial score (nSPS) is 18.0. The number of thioether (sulfide) groups is 1. The average Bonchev–Trinajstić information content (AvgIpc) is 3.03. The Morgan fingerprint density at radius 1 is 1.08 bits per heavy atom. The molecule has 0 aliphatic carbocycles. The molecule has 0 spiro atoms. The first kappa shape index (κ1) is 16.8. The number of hydrogen-bond donors (Lipinski definition) is 0. The molecule has 0 aromatic heterocycles. The topological polar surface area (TPSA) is 20.3 Å². The molecule has 1 saturated heterocycles. The number of carbonyl (C=O) groups excluding carboxylic acids is 1. The summed E-state index contributed by atoms with van der Waals surface area (Å²) in [5.74, 6) is -0.158. The van der Waals surface area contributed by atoms with Crippen LogP contribution in [0, 0.1) is 5.82 Å². The lowest BCUT2D eigenvalue weighted by Crippen LogP contribution is -2.30. The fourth-order valence-electron chi connectivity index (χ4n) is 2.58. The van der Waals surface area contributed by atoms with Crippen molar-refractivity contribution in [3.05, 3.63) is 71.0 Å². The van der Waals surface area contributed by atoms with E-state index in [4.69, 9.17) is 0 Å². The van der Waals surface area contributed by atoms with E-state index in [0.717, 1.165) is 24.3 Å². The molecule has 1 aliphatic rings. The molecule has 7 heteroatoms. The van der Waals surface area contributed by atoms with E-state index in [1.807, 2.05) is 0 Å². The predicted octanol–water partition coefficient (Wildman–Crippen LogP) is 4.73. The summed E-state index contributed by atoms with van der Waals surface area (Å²) < 4.78 is 51.8. The Balaban J connectivity index is 1.85. The van der Waals surface area contributed by atoms with Crippen molar-refractivity contribution in [1.29, 1.82) is 0 Å². The molecule has 2 aromatic rings. The van der Waals surface area contributed by atoms with Gasteiger partial charge in [-0.15, -0.1) is 11.8 Å². The first-order chi connectivity index (χ1) is 11.4. The van der Waals surface area contributed by atoms with Crippen molar-refractivity contribution in [2.24, 2.45) is 0 Å². The van der Waals surface area contributed by atoms with Gasteiger partial charge in [-0.2, -0.15) is 13.2 Å². The summed E-state index contributed by atoms with van der Waals surface area (Å²) >= 11 is 1.43. The highest BCUT2D eigenvalue weighted by atomic mass is 32.2. The molecule has 1 amide bonds. The zero-order valence-corrected chi connectivity index (χ0v) is 13.2. The maximum absolute atomic E-state index is 14.0. The van der Waals surface area contributed by atoms with Gasteiger partial charge < -0.3 is 4.90 Å². The maximum Gasteiger partial charge on any atom is 0.416 e. The van der Waals surface area contributed by atoms with Crippen molar-refractivity contribution < 1.29 is 22.4 Å². The predicted molar refractivity (Wildman–Crippen MR) is 84.1 cm³/mol. The Labute approximate surface area is 140 Å². The molecule has 0 saturated carbocycles. The highest BCUT2D eigenvalue weighted by Crippen LogP contribution is 2.40. The Kier molecular flexibility index (Phi) is 4.54. The van der Waals surface area contributed by atoms with Gasteiger partial charge in [0.05, 0.1) is 5.56 Å². The Morgan fingerprint density at radius 3 is 2.38 bits per heavy atom. The minimum atomic E-state index is -4.44. The van der Waals surface area contributed by atoms with Gasteiger partial charge in [0.25, 0.3) is 5.91 Å². The van der Waals surface area contributed by atoms with Gasteiger partial charge in [0.15, 0.2) is 0 Å². The van der Waals surface area contributed by atoms with Crippen molar-refractivity contribution in [3.8, 4) is 0 Å². The van der Waals surface area contributed by atoms with Crippen LogP contribution in [0.2, 0.25) is 0 Å². The maximum atomic E-state index is 14.0. The summed E-state index contributed by atoms with van der Waals surface area (Å²) in [4.78, 5) is 14.1. The zero-order chi connectivity index (χ0) is 17.3. The Morgan fingerprint density at radius 2 is 1.75 bits per heavy atom. The van der Waals surface area contributed by atoms with E-state index < -0.39 is 28.8 Å². The Bertz CT molecular complexity index is 745. The number of amides is 1. The molecular formula is C17H13F4NOS. The molecule has 0 N–H and O–H groups in total. The second-order valence-corrected chi connectivity index (χ2v) is 6.51. The van der Waals surface area contributed by atoms with Crippen molar-refractivity contribution in [3.63, 3.8) is 0 Å². The molecule has 2 aromatic carbocycles. The second kappa shape index (κ2) is 6.47. The van der Waals surface area contributed by atoms with E-state index in [0.29, 0.717) is 17.9 Å². The molecular weight excluding hydrogens is 342 g/mol. The van der Waals surface area contributed by atoms with Crippen LogP contribution in [0.25, 0.3) is 0 Å². The number of alkyl halides is 3. The van der Waals surface area contributed by atoms with Crippen LogP contribution in [0.15, 0.2) is 48.5 Å². The molecule has 1 heterocycles. The van der Waals surface area contributed by atoms with Gasteiger partial charge in [0.2, 0.25) is 0 Å². The number of nitrogens with zero attached hydrogens (tertiary/aromatic N) is 1. The molecule has 126 valence electrons. The average molecular weight is 355 g/mol. The van der Waals surface area contributed by atoms with Crippen LogP contribution < -0.4 is 0 Å². The lowest BCUT2D eigenvalue weighted by atomic mass is 10.1. The fourth-order valence-corrected chi connectivity index (χ4v) is 3.86. The van der Waals surface area contributed by atoms with Crippen molar-refractivity contribution in [2.45, 2.75) is 11.6 Å². The quantitative estimate of drug-likeness (QED) is 0.726. The summed E-state index contributed by atoms with van der Waals surface area (Å²) in [6, 6.07) is 10.3. The standard InChI is InChI=1S/C17H13F4NOS/c18-14-4-2-1-3-13(14)16-22(9-10-24-16)15(23)11-5-7-12(8-6-11)17(19,20)21/h1-8,16H,9-10H2/t16-/m0/s1. The Hall–Kier alpha value is -2.02. The molecule has 0 radical (unpaired) electrons. The van der Waals surface area contributed by atoms with E-state index in [2.05, 4.69) is 0 Å². The van der Waals surface area contributed by atoms with Gasteiger partial charge in [-0.25, -0.2) is 4.39 Å². The number of hydrogen-bond acceptors (Lipinski definition) is 2. The van der Waals surface area contributed by atoms with Gasteiger partial charge >= 0.3 is 6.18 Å². The van der Waals surface area contributed by atoms with Crippen LogP contribution in [0.5, 0.6) is 0 Å². The van der Waals surface area contributed by atoms with Crippen LogP contribution in [-0.2, 0) is 6.18 Å². The summed E-state index contributed by atoms with van der Waals surface area (Å²) in [6.45, 7) is 0.420. The van der Waals surface area contributed by atoms with Crippen molar-refractivity contribution in [2.75, 3.05) is 12.3 Å². The fraction of sp³-hybridized carbons (Fsp3) is 0.235. The van der Waals surface area contributed by atoms with Gasteiger partial charge in [0, 0.05) is 23.4 Å². The third kappa shape index (κ3) is 3.26. The molecule has 2 nitrogen and oxygen atoms in total. The number of carbonyl (C=O) groups is 1. The minimum absolute atomic E-state index is 0.159. The second-order valence-electron chi connectivity index (χ2n) is 5.32. The van der Waals surface area contributed by atoms with Gasteiger partial charge in [-0.3, -0.25) is 4.79 Å². The SMILES string of the molecule is O=C(c1ccc(C(F)(F)F)cc1)N1CCS[C@H]1c1ccccc1F. The van der Waals surface area contributed by atoms with E-state index in [-0.39, 0.29) is 5.56 Å². The van der Waals surface area contributed by atoms with Gasteiger partial charge in [-0.1, -0.05) is 18.2 Å². The monoisotopic (exact) mass is 355 g/mol. The zero-order valence-electron chi connectivity index (χ0n) is 12.4. The largest absolute Gasteiger partial charge is 0.416 e.